The molecule has 0 fully saturated rings. The van der Waals surface area contributed by atoms with Crippen molar-refractivity contribution in [1.29, 1.82) is 0 Å². The number of nitrogens with one attached hydrogen (secondary N) is 1. The standard InChI is InChI=1S/C6H13N3S4.K/c7-1-3-9(6(12)13)4-2-8-5(10)11;/h1-4,7H2,(H,12,13)(H2,8,10,11);. The van der Waals surface area contributed by atoms with Crippen molar-refractivity contribution in [3.05, 3.63) is 0 Å². The van der Waals surface area contributed by atoms with Crippen LogP contribution in [0.5, 0.6) is 0 Å². The van der Waals surface area contributed by atoms with E-state index in [4.69, 9.17) is 30.2 Å². The Kier molecular flexibility index (Phi) is 15.2. The van der Waals surface area contributed by atoms with Gasteiger partial charge in [0.2, 0.25) is 0 Å². The minimum atomic E-state index is 0. The topological polar surface area (TPSA) is 41.3 Å². The molecule has 14 heavy (non-hydrogen) atoms. The second-order valence-electron chi connectivity index (χ2n) is 2.29. The second kappa shape index (κ2) is 11.6. The molecule has 8 heteroatoms. The molecule has 0 bridgehead atoms. The maximum atomic E-state index is 5.40. The van der Waals surface area contributed by atoms with Gasteiger partial charge in [0.05, 0.1) is 0 Å². The predicted octanol–water partition coefficient (Wildman–Crippen LogP) is -0.115. The van der Waals surface area contributed by atoms with Crippen LogP contribution in [-0.2, 0) is 0 Å². The molecule has 0 aromatic heterocycles. The number of thiocarbonyl (C=S) groups is 2. The molecule has 0 aromatic rings. The van der Waals surface area contributed by atoms with Gasteiger partial charge >= 0.3 is 0 Å². The normalized spacial score (nSPS) is 8.79. The van der Waals surface area contributed by atoms with Crippen molar-refractivity contribution >= 4 is 110 Å². The first-order chi connectivity index (χ1) is 6.07. The molecule has 0 aliphatic rings. The minimum Gasteiger partial charge on any atom is -0.369 e. The van der Waals surface area contributed by atoms with E-state index in [1.165, 1.54) is 0 Å². The summed E-state index contributed by atoms with van der Waals surface area (Å²) in [7, 11) is 0. The van der Waals surface area contributed by atoms with E-state index in [-0.39, 0.29) is 51.4 Å². The van der Waals surface area contributed by atoms with E-state index in [1.807, 2.05) is 4.90 Å². The van der Waals surface area contributed by atoms with Gasteiger partial charge in [-0.3, -0.25) is 0 Å². The molecule has 0 heterocycles. The molecule has 0 amide bonds. The summed E-state index contributed by atoms with van der Waals surface area (Å²) in [5.74, 6) is 0. The van der Waals surface area contributed by atoms with Crippen LogP contribution in [0.2, 0.25) is 0 Å². The first kappa shape index (κ1) is 18.4. The molecule has 0 saturated heterocycles. The van der Waals surface area contributed by atoms with E-state index >= 15 is 0 Å². The molecule has 0 aliphatic carbocycles. The summed E-state index contributed by atoms with van der Waals surface area (Å²) in [5.41, 5.74) is 5.40. The SMILES string of the molecule is NCCN(CCNC(=S)S)C(=S)S.[K]. The van der Waals surface area contributed by atoms with Crippen molar-refractivity contribution in [1.82, 2.24) is 10.2 Å². The molecular formula is C6H13KN3S4. The molecule has 0 rings (SSSR count). The Bertz CT molecular complexity index is 190. The number of thiol groups is 2. The molecule has 0 saturated carbocycles. The number of hydrogen-bond donors (Lipinski definition) is 4. The van der Waals surface area contributed by atoms with Crippen molar-refractivity contribution in [3.63, 3.8) is 0 Å². The molecule has 77 valence electrons. The minimum absolute atomic E-state index is 0. The Hall–Kier alpha value is 2.08. The number of nitrogens with two attached hydrogens (primary N) is 1. The maximum Gasteiger partial charge on any atom is 0.133 e. The number of rotatable bonds is 5. The fourth-order valence-electron chi connectivity index (χ4n) is 0.757. The van der Waals surface area contributed by atoms with Gasteiger partial charge in [0, 0.05) is 77.6 Å². The van der Waals surface area contributed by atoms with Crippen LogP contribution >= 0.6 is 49.7 Å². The average molecular weight is 295 g/mol. The van der Waals surface area contributed by atoms with Gasteiger partial charge in [0.1, 0.15) is 8.64 Å². The third kappa shape index (κ3) is 10.6. The Morgan fingerprint density at radius 3 is 2.21 bits per heavy atom. The summed E-state index contributed by atoms with van der Waals surface area (Å²) in [5, 5.41) is 2.91. The van der Waals surface area contributed by atoms with Crippen LogP contribution < -0.4 is 11.1 Å². The first-order valence-electron chi connectivity index (χ1n) is 3.72. The van der Waals surface area contributed by atoms with Crippen molar-refractivity contribution in [2.24, 2.45) is 5.73 Å². The van der Waals surface area contributed by atoms with Crippen LogP contribution in [0, 0.1) is 0 Å². The van der Waals surface area contributed by atoms with Crippen molar-refractivity contribution in [2.45, 2.75) is 0 Å². The number of hydrogen-bond acceptors (Lipinski definition) is 3. The third-order valence-corrected chi connectivity index (χ3v) is 2.17. The molecule has 0 aromatic carbocycles. The van der Waals surface area contributed by atoms with Gasteiger partial charge < -0.3 is 16.0 Å². The van der Waals surface area contributed by atoms with Gasteiger partial charge in [0.15, 0.2) is 0 Å². The molecule has 0 atom stereocenters. The van der Waals surface area contributed by atoms with Gasteiger partial charge in [-0.25, -0.2) is 0 Å². The van der Waals surface area contributed by atoms with E-state index in [0.29, 0.717) is 28.3 Å². The second-order valence-corrected chi connectivity index (χ2v) is 4.56. The van der Waals surface area contributed by atoms with E-state index in [0.717, 1.165) is 6.54 Å². The van der Waals surface area contributed by atoms with Crippen LogP contribution in [-0.4, -0.2) is 91.1 Å². The molecule has 3 nitrogen and oxygen atoms in total. The number of nitrogens with zero attached hydrogens (tertiary/aromatic N) is 1. The molecule has 0 aliphatic heterocycles. The quantitative estimate of drug-likeness (QED) is 0.324. The summed E-state index contributed by atoms with van der Waals surface area (Å²) in [6.07, 6.45) is 0. The fourth-order valence-corrected chi connectivity index (χ4v) is 1.35. The summed E-state index contributed by atoms with van der Waals surface area (Å²) in [6.45, 7) is 2.71. The third-order valence-electron chi connectivity index (χ3n) is 1.33. The van der Waals surface area contributed by atoms with Crippen LogP contribution in [0.25, 0.3) is 0 Å². The summed E-state index contributed by atoms with van der Waals surface area (Å²) >= 11 is 17.7. The van der Waals surface area contributed by atoms with E-state index < -0.39 is 0 Å². The maximum absolute atomic E-state index is 5.40. The van der Waals surface area contributed by atoms with Gasteiger partial charge in [-0.15, -0.1) is 25.3 Å². The van der Waals surface area contributed by atoms with Crippen LogP contribution in [0.15, 0.2) is 0 Å². The summed E-state index contributed by atoms with van der Waals surface area (Å²) in [6, 6.07) is 0. The largest absolute Gasteiger partial charge is 0.369 e. The Morgan fingerprint density at radius 1 is 1.29 bits per heavy atom. The molecular weight excluding hydrogens is 281 g/mol. The molecule has 0 spiro atoms. The predicted molar refractivity (Wildman–Crippen MR) is 77.6 cm³/mol. The van der Waals surface area contributed by atoms with Crippen LogP contribution in [0.1, 0.15) is 0 Å². The van der Waals surface area contributed by atoms with Crippen LogP contribution in [0.4, 0.5) is 0 Å². The molecule has 0 unspecified atom stereocenters. The fraction of sp³-hybridized carbons (Fsp3) is 0.667. The van der Waals surface area contributed by atoms with Crippen molar-refractivity contribution in [2.75, 3.05) is 26.2 Å². The monoisotopic (exact) mass is 294 g/mol. The van der Waals surface area contributed by atoms with Crippen molar-refractivity contribution < 1.29 is 0 Å². The Morgan fingerprint density at radius 2 is 1.86 bits per heavy atom. The zero-order valence-electron chi connectivity index (χ0n) is 8.06. The van der Waals surface area contributed by atoms with Gasteiger partial charge in [0.25, 0.3) is 0 Å². The molecule has 1 radical (unpaired) electrons. The molecule has 3 N–H and O–H groups in total. The Labute approximate surface area is 149 Å². The first-order valence-corrected chi connectivity index (χ1v) is 5.43. The summed E-state index contributed by atoms with van der Waals surface area (Å²) < 4.78 is 1.04. The van der Waals surface area contributed by atoms with Gasteiger partial charge in [-0.2, -0.15) is 0 Å². The average Bonchev–Trinajstić information content (AvgIpc) is 2.02. The zero-order valence-corrected chi connectivity index (χ0v) is 14.6. The van der Waals surface area contributed by atoms with E-state index in [9.17, 15) is 0 Å². The zero-order chi connectivity index (χ0) is 10.3. The Balaban J connectivity index is 0. The smallest absolute Gasteiger partial charge is 0.133 e. The van der Waals surface area contributed by atoms with Crippen LogP contribution in [0.3, 0.4) is 0 Å². The van der Waals surface area contributed by atoms with E-state index in [1.54, 1.807) is 0 Å². The van der Waals surface area contributed by atoms with Gasteiger partial charge in [-0.1, -0.05) is 24.4 Å². The summed E-state index contributed by atoms with van der Waals surface area (Å²) in [4.78, 5) is 1.90. The van der Waals surface area contributed by atoms with Crippen molar-refractivity contribution in [3.8, 4) is 0 Å². The van der Waals surface area contributed by atoms with E-state index in [2.05, 4.69) is 30.6 Å². The van der Waals surface area contributed by atoms with Gasteiger partial charge in [-0.05, 0) is 0 Å².